The minimum atomic E-state index is -0.376. The molecule has 0 bridgehead atoms. The normalized spacial score (nSPS) is 17.2. The van der Waals surface area contributed by atoms with Crippen LogP contribution in [0.4, 0.5) is 0 Å². The number of hydrogen-bond donors (Lipinski definition) is 1. The van der Waals surface area contributed by atoms with E-state index in [9.17, 15) is 9.59 Å². The molecule has 0 spiro atoms. The van der Waals surface area contributed by atoms with Crippen LogP contribution in [0.2, 0.25) is 0 Å². The van der Waals surface area contributed by atoms with E-state index in [1.165, 1.54) is 6.08 Å². The van der Waals surface area contributed by atoms with Crippen LogP contribution >= 0.6 is 0 Å². The predicted molar refractivity (Wildman–Crippen MR) is 98.4 cm³/mol. The minimum Gasteiger partial charge on any atom is -0.350 e. The van der Waals surface area contributed by atoms with Crippen molar-refractivity contribution in [3.8, 4) is 0 Å². The summed E-state index contributed by atoms with van der Waals surface area (Å²) in [7, 11) is 0. The van der Waals surface area contributed by atoms with Crippen LogP contribution in [0.5, 0.6) is 0 Å². The molecule has 0 aromatic heterocycles. The molecule has 1 atom stereocenters. The summed E-state index contributed by atoms with van der Waals surface area (Å²) < 4.78 is 5.40. The molecule has 1 aliphatic heterocycles. The van der Waals surface area contributed by atoms with Crippen LogP contribution in [0, 0.1) is 0 Å². The first-order valence-corrected chi connectivity index (χ1v) is 8.67. The maximum atomic E-state index is 12.1. The molecule has 5 nitrogen and oxygen atoms in total. The molecule has 1 N–H and O–H groups in total. The van der Waals surface area contributed by atoms with E-state index in [4.69, 9.17) is 9.57 Å². The van der Waals surface area contributed by atoms with Gasteiger partial charge in [-0.15, -0.1) is 0 Å². The first kappa shape index (κ1) is 18.0. The van der Waals surface area contributed by atoms with Crippen molar-refractivity contribution >= 4 is 17.8 Å². The zero-order valence-electron chi connectivity index (χ0n) is 14.4. The quantitative estimate of drug-likeness (QED) is 0.489. The Morgan fingerprint density at radius 3 is 2.46 bits per heavy atom. The van der Waals surface area contributed by atoms with Gasteiger partial charge in [-0.3, -0.25) is 9.59 Å². The van der Waals surface area contributed by atoms with E-state index in [1.54, 1.807) is 42.5 Å². The van der Waals surface area contributed by atoms with Crippen molar-refractivity contribution in [3.05, 3.63) is 77.4 Å². The smallest absolute Gasteiger partial charge is 0.274 e. The van der Waals surface area contributed by atoms with Crippen molar-refractivity contribution in [3.63, 3.8) is 0 Å². The summed E-state index contributed by atoms with van der Waals surface area (Å²) in [6.45, 7) is 0.656. The average Bonchev–Trinajstić information content (AvgIpc) is 2.72. The lowest BCUT2D eigenvalue weighted by atomic mass is 10.1. The molecular formula is C21H21NO4. The summed E-state index contributed by atoms with van der Waals surface area (Å²) in [6.07, 6.45) is 5.70. The lowest BCUT2D eigenvalue weighted by Crippen LogP contribution is -2.33. The maximum Gasteiger partial charge on any atom is 0.274 e. The van der Waals surface area contributed by atoms with Crippen LogP contribution in [0.3, 0.4) is 0 Å². The van der Waals surface area contributed by atoms with Gasteiger partial charge < -0.3 is 4.74 Å². The number of rotatable bonds is 6. The van der Waals surface area contributed by atoms with Gasteiger partial charge in [0.15, 0.2) is 12.1 Å². The molecule has 5 heteroatoms. The number of ketones is 1. The Bertz CT molecular complexity index is 762. The van der Waals surface area contributed by atoms with E-state index >= 15 is 0 Å². The number of hydroxylamine groups is 1. The highest BCUT2D eigenvalue weighted by Crippen LogP contribution is 2.13. The van der Waals surface area contributed by atoms with Gasteiger partial charge in [0.2, 0.25) is 0 Å². The Morgan fingerprint density at radius 2 is 1.77 bits per heavy atom. The summed E-state index contributed by atoms with van der Waals surface area (Å²) in [5.41, 5.74) is 4.38. The zero-order chi connectivity index (χ0) is 18.2. The maximum absolute atomic E-state index is 12.1. The number of nitrogens with one attached hydrogen (secondary N) is 1. The minimum absolute atomic E-state index is 0.0618. The fourth-order valence-corrected chi connectivity index (χ4v) is 2.60. The number of allylic oxidation sites excluding steroid dienone is 1. The molecule has 0 radical (unpaired) electrons. The predicted octanol–water partition coefficient (Wildman–Crippen LogP) is 3.77. The van der Waals surface area contributed by atoms with Gasteiger partial charge in [0.25, 0.3) is 5.91 Å². The second kappa shape index (κ2) is 9.08. The number of benzene rings is 2. The highest BCUT2D eigenvalue weighted by molar-refractivity contribution is 6.06. The third-order valence-corrected chi connectivity index (χ3v) is 4.08. The Balaban J connectivity index is 1.53. The molecule has 26 heavy (non-hydrogen) atoms. The molecule has 2 aromatic carbocycles. The highest BCUT2D eigenvalue weighted by atomic mass is 16.8. The SMILES string of the molecule is O=C(C=Cc1ccc(C(=O)NOC2CCCCO2)cc1)c1ccccc1. The topological polar surface area (TPSA) is 64.6 Å². The first-order valence-electron chi connectivity index (χ1n) is 8.67. The zero-order valence-corrected chi connectivity index (χ0v) is 14.4. The molecule has 3 rings (SSSR count). The van der Waals surface area contributed by atoms with Crippen molar-refractivity contribution in [2.24, 2.45) is 0 Å². The number of amides is 1. The fourth-order valence-electron chi connectivity index (χ4n) is 2.60. The number of hydrogen-bond acceptors (Lipinski definition) is 4. The standard InChI is InChI=1S/C21H21NO4/c23-19(17-6-2-1-3-7-17)14-11-16-9-12-18(13-10-16)21(24)22-26-20-8-4-5-15-25-20/h1-3,6-7,9-14,20H,4-5,8,15H2,(H,22,24). The number of carbonyl (C=O) groups is 2. The van der Waals surface area contributed by atoms with Crippen LogP contribution < -0.4 is 5.48 Å². The highest BCUT2D eigenvalue weighted by Gasteiger charge is 2.16. The molecule has 134 valence electrons. The van der Waals surface area contributed by atoms with Crippen LogP contribution in [0.25, 0.3) is 6.08 Å². The van der Waals surface area contributed by atoms with E-state index in [0.29, 0.717) is 17.7 Å². The van der Waals surface area contributed by atoms with E-state index in [2.05, 4.69) is 5.48 Å². The van der Waals surface area contributed by atoms with E-state index in [0.717, 1.165) is 24.8 Å². The van der Waals surface area contributed by atoms with Crippen molar-refractivity contribution in [1.82, 2.24) is 5.48 Å². The van der Waals surface area contributed by atoms with Gasteiger partial charge in [0, 0.05) is 24.2 Å². The monoisotopic (exact) mass is 351 g/mol. The molecule has 1 saturated heterocycles. The van der Waals surface area contributed by atoms with Gasteiger partial charge >= 0.3 is 0 Å². The average molecular weight is 351 g/mol. The Labute approximate surface area is 152 Å². The summed E-state index contributed by atoms with van der Waals surface area (Å²) >= 11 is 0. The van der Waals surface area contributed by atoms with Crippen molar-refractivity contribution in [2.75, 3.05) is 6.61 Å². The van der Waals surface area contributed by atoms with E-state index < -0.39 is 0 Å². The van der Waals surface area contributed by atoms with E-state index in [-0.39, 0.29) is 18.0 Å². The summed E-state index contributed by atoms with van der Waals surface area (Å²) in [6, 6.07) is 16.0. The second-order valence-corrected chi connectivity index (χ2v) is 6.03. The molecule has 1 fully saturated rings. The summed E-state index contributed by atoms with van der Waals surface area (Å²) in [5, 5.41) is 0. The van der Waals surface area contributed by atoms with Crippen molar-refractivity contribution < 1.29 is 19.2 Å². The largest absolute Gasteiger partial charge is 0.350 e. The Hall–Kier alpha value is -2.76. The molecule has 1 unspecified atom stereocenters. The molecule has 0 aliphatic carbocycles. The van der Waals surface area contributed by atoms with Crippen molar-refractivity contribution in [1.29, 1.82) is 0 Å². The molecule has 1 aliphatic rings. The van der Waals surface area contributed by atoms with Gasteiger partial charge in [-0.1, -0.05) is 48.5 Å². The van der Waals surface area contributed by atoms with Gasteiger partial charge in [-0.05, 0) is 36.6 Å². The van der Waals surface area contributed by atoms with Gasteiger partial charge in [-0.2, -0.15) is 0 Å². The van der Waals surface area contributed by atoms with Crippen LogP contribution in [-0.4, -0.2) is 24.6 Å². The molecular weight excluding hydrogens is 330 g/mol. The second-order valence-electron chi connectivity index (χ2n) is 6.03. The van der Waals surface area contributed by atoms with E-state index in [1.807, 2.05) is 18.2 Å². The molecule has 1 heterocycles. The fraction of sp³-hybridized carbons (Fsp3) is 0.238. The van der Waals surface area contributed by atoms with Crippen LogP contribution in [-0.2, 0) is 9.57 Å². The van der Waals surface area contributed by atoms with Gasteiger partial charge in [0.05, 0.1) is 0 Å². The van der Waals surface area contributed by atoms with Crippen LogP contribution in [0.15, 0.2) is 60.7 Å². The molecule has 2 aromatic rings. The van der Waals surface area contributed by atoms with Gasteiger partial charge in [-0.25, -0.2) is 10.3 Å². The summed E-state index contributed by atoms with van der Waals surface area (Å²) in [4.78, 5) is 29.4. The van der Waals surface area contributed by atoms with Crippen molar-refractivity contribution in [2.45, 2.75) is 25.6 Å². The molecule has 1 amide bonds. The van der Waals surface area contributed by atoms with Crippen LogP contribution in [0.1, 0.15) is 45.5 Å². The third-order valence-electron chi connectivity index (χ3n) is 4.08. The first-order chi connectivity index (χ1) is 12.7. The summed E-state index contributed by atoms with van der Waals surface area (Å²) in [5.74, 6) is -0.386. The lowest BCUT2D eigenvalue weighted by molar-refractivity contribution is -0.186. The lowest BCUT2D eigenvalue weighted by Gasteiger charge is -2.22. The Kier molecular flexibility index (Phi) is 6.30. The number of ether oxygens (including phenoxy) is 1. The third kappa shape index (κ3) is 5.12. The Morgan fingerprint density at radius 1 is 1.00 bits per heavy atom. The molecule has 0 saturated carbocycles. The van der Waals surface area contributed by atoms with Gasteiger partial charge in [0.1, 0.15) is 0 Å². The number of carbonyl (C=O) groups excluding carboxylic acids is 2.